The molecule has 5 heteroatoms. The third-order valence-electron chi connectivity index (χ3n) is 3.93. The van der Waals surface area contributed by atoms with E-state index in [1.165, 1.54) is 7.11 Å². The number of esters is 1. The monoisotopic (exact) mass is 287 g/mol. The highest BCUT2D eigenvalue weighted by Crippen LogP contribution is 2.20. The molecule has 21 heavy (non-hydrogen) atoms. The van der Waals surface area contributed by atoms with Crippen molar-refractivity contribution in [1.29, 1.82) is 5.26 Å². The van der Waals surface area contributed by atoms with Gasteiger partial charge in [-0.25, -0.2) is 4.79 Å². The van der Waals surface area contributed by atoms with Crippen molar-refractivity contribution < 1.29 is 9.53 Å². The van der Waals surface area contributed by atoms with Gasteiger partial charge in [0, 0.05) is 44.3 Å². The number of anilines is 1. The molecule has 1 fully saturated rings. The molecule has 0 saturated carbocycles. The van der Waals surface area contributed by atoms with E-state index in [9.17, 15) is 4.79 Å². The molecular formula is C16H21N3O2. The summed E-state index contributed by atoms with van der Waals surface area (Å²) in [5.74, 6) is -0.309. The van der Waals surface area contributed by atoms with Crippen molar-refractivity contribution in [3.8, 4) is 6.07 Å². The second-order valence-electron chi connectivity index (χ2n) is 5.28. The van der Waals surface area contributed by atoms with Crippen LogP contribution in [0, 0.1) is 11.3 Å². The number of hydrogen-bond acceptors (Lipinski definition) is 5. The van der Waals surface area contributed by atoms with Crippen molar-refractivity contribution >= 4 is 11.7 Å². The van der Waals surface area contributed by atoms with Crippen LogP contribution in [-0.2, 0) is 4.74 Å². The van der Waals surface area contributed by atoms with Gasteiger partial charge in [0.1, 0.15) is 0 Å². The Labute approximate surface area is 125 Å². The quantitative estimate of drug-likeness (QED) is 0.792. The van der Waals surface area contributed by atoms with Crippen LogP contribution in [-0.4, -0.2) is 50.2 Å². The van der Waals surface area contributed by atoms with Gasteiger partial charge in [0.25, 0.3) is 0 Å². The summed E-state index contributed by atoms with van der Waals surface area (Å²) in [6.07, 6.45) is 0.582. The smallest absolute Gasteiger partial charge is 0.337 e. The molecule has 0 amide bonds. The van der Waals surface area contributed by atoms with Crippen LogP contribution in [0.25, 0.3) is 0 Å². The largest absolute Gasteiger partial charge is 0.465 e. The highest BCUT2D eigenvalue weighted by atomic mass is 16.5. The maximum absolute atomic E-state index is 11.4. The molecule has 1 aliphatic heterocycles. The molecule has 0 aliphatic carbocycles. The van der Waals surface area contributed by atoms with Crippen LogP contribution < -0.4 is 4.90 Å². The molecule has 5 nitrogen and oxygen atoms in total. The molecule has 0 aromatic heterocycles. The van der Waals surface area contributed by atoms with Gasteiger partial charge in [-0.2, -0.15) is 5.26 Å². The maximum Gasteiger partial charge on any atom is 0.337 e. The SMILES string of the molecule is COC(=O)c1ccc(N2CCN(CCC#N)C(C)C2)cc1. The minimum Gasteiger partial charge on any atom is -0.465 e. The number of piperazine rings is 1. The molecule has 112 valence electrons. The lowest BCUT2D eigenvalue weighted by molar-refractivity contribution is 0.0601. The summed E-state index contributed by atoms with van der Waals surface area (Å²) in [5, 5.41) is 8.68. The molecule has 2 rings (SSSR count). The molecule has 1 aromatic rings. The maximum atomic E-state index is 11.4. The highest BCUT2D eigenvalue weighted by Gasteiger charge is 2.23. The van der Waals surface area contributed by atoms with E-state index in [1.807, 2.05) is 12.1 Å². The van der Waals surface area contributed by atoms with Crippen molar-refractivity contribution in [2.45, 2.75) is 19.4 Å². The minimum atomic E-state index is -0.309. The number of carbonyl (C=O) groups is 1. The molecule has 0 bridgehead atoms. The van der Waals surface area contributed by atoms with Crippen molar-refractivity contribution in [3.63, 3.8) is 0 Å². The van der Waals surface area contributed by atoms with Gasteiger partial charge in [0.2, 0.25) is 0 Å². The summed E-state index contributed by atoms with van der Waals surface area (Å²) in [6, 6.07) is 10.1. The fourth-order valence-electron chi connectivity index (χ4n) is 2.68. The number of nitrogens with zero attached hydrogens (tertiary/aromatic N) is 3. The molecule has 1 aromatic carbocycles. The fraction of sp³-hybridized carbons (Fsp3) is 0.500. The number of hydrogen-bond donors (Lipinski definition) is 0. The van der Waals surface area contributed by atoms with Gasteiger partial charge in [-0.3, -0.25) is 4.90 Å². The zero-order chi connectivity index (χ0) is 15.2. The average Bonchev–Trinajstić information content (AvgIpc) is 2.53. The van der Waals surface area contributed by atoms with Gasteiger partial charge < -0.3 is 9.64 Å². The predicted octanol–water partition coefficient (Wildman–Crippen LogP) is 1.90. The minimum absolute atomic E-state index is 0.309. The molecule has 1 heterocycles. The summed E-state index contributed by atoms with van der Waals surface area (Å²) in [4.78, 5) is 16.1. The van der Waals surface area contributed by atoms with Gasteiger partial charge in [0.15, 0.2) is 0 Å². The average molecular weight is 287 g/mol. The van der Waals surface area contributed by atoms with Crippen molar-refractivity contribution in [3.05, 3.63) is 29.8 Å². The van der Waals surface area contributed by atoms with Gasteiger partial charge in [0.05, 0.1) is 18.7 Å². The predicted molar refractivity (Wildman–Crippen MR) is 81.3 cm³/mol. The Balaban J connectivity index is 1.98. The number of methoxy groups -OCH3 is 1. The Bertz CT molecular complexity index is 521. The second kappa shape index (κ2) is 7.09. The molecular weight excluding hydrogens is 266 g/mol. The Hall–Kier alpha value is -2.06. The van der Waals surface area contributed by atoms with Gasteiger partial charge in [-0.05, 0) is 31.2 Å². The molecule has 1 saturated heterocycles. The van der Waals surface area contributed by atoms with E-state index in [0.29, 0.717) is 18.0 Å². The third kappa shape index (κ3) is 3.73. The Kier molecular flexibility index (Phi) is 5.18. The summed E-state index contributed by atoms with van der Waals surface area (Å²) < 4.78 is 4.70. The van der Waals surface area contributed by atoms with Crippen LogP contribution in [0.15, 0.2) is 24.3 Å². The van der Waals surface area contributed by atoms with E-state index in [2.05, 4.69) is 22.8 Å². The standard InChI is InChI=1S/C16H21N3O2/c1-13-12-19(11-10-18(13)9-3-8-17)15-6-4-14(5-7-15)16(20)21-2/h4-7,13H,3,9-12H2,1-2H3. The molecule has 0 radical (unpaired) electrons. The number of benzene rings is 1. The molecule has 0 spiro atoms. The van der Waals surface area contributed by atoms with Gasteiger partial charge >= 0.3 is 5.97 Å². The first-order valence-electron chi connectivity index (χ1n) is 7.20. The fourth-order valence-corrected chi connectivity index (χ4v) is 2.68. The second-order valence-corrected chi connectivity index (χ2v) is 5.28. The van der Waals surface area contributed by atoms with Crippen LogP contribution >= 0.6 is 0 Å². The number of carbonyl (C=O) groups excluding carboxylic acids is 1. The van der Waals surface area contributed by atoms with E-state index in [0.717, 1.165) is 31.9 Å². The molecule has 1 atom stereocenters. The topological polar surface area (TPSA) is 56.6 Å². The van der Waals surface area contributed by atoms with E-state index in [-0.39, 0.29) is 5.97 Å². The van der Waals surface area contributed by atoms with Crippen molar-refractivity contribution in [1.82, 2.24) is 4.90 Å². The number of ether oxygens (including phenoxy) is 1. The first-order chi connectivity index (χ1) is 10.2. The Morgan fingerprint density at radius 3 is 2.67 bits per heavy atom. The molecule has 1 unspecified atom stereocenters. The zero-order valence-electron chi connectivity index (χ0n) is 12.6. The first kappa shape index (κ1) is 15.3. The number of rotatable bonds is 4. The summed E-state index contributed by atoms with van der Waals surface area (Å²) in [6.45, 7) is 5.86. The van der Waals surface area contributed by atoms with E-state index in [1.54, 1.807) is 12.1 Å². The van der Waals surface area contributed by atoms with E-state index < -0.39 is 0 Å². The number of nitriles is 1. The normalized spacial score (nSPS) is 19.1. The van der Waals surface area contributed by atoms with E-state index in [4.69, 9.17) is 10.00 Å². The van der Waals surface area contributed by atoms with Crippen molar-refractivity contribution in [2.24, 2.45) is 0 Å². The lowest BCUT2D eigenvalue weighted by atomic mass is 10.1. The van der Waals surface area contributed by atoms with Crippen LogP contribution in [0.3, 0.4) is 0 Å². The lowest BCUT2D eigenvalue weighted by Crippen LogP contribution is -2.52. The lowest BCUT2D eigenvalue weighted by Gasteiger charge is -2.40. The van der Waals surface area contributed by atoms with Crippen LogP contribution in [0.4, 0.5) is 5.69 Å². The Morgan fingerprint density at radius 2 is 2.10 bits per heavy atom. The van der Waals surface area contributed by atoms with E-state index >= 15 is 0 Å². The summed E-state index contributed by atoms with van der Waals surface area (Å²) in [5.41, 5.74) is 1.69. The van der Waals surface area contributed by atoms with Crippen LogP contribution in [0.1, 0.15) is 23.7 Å². The highest BCUT2D eigenvalue weighted by molar-refractivity contribution is 5.89. The van der Waals surface area contributed by atoms with Gasteiger partial charge in [-0.1, -0.05) is 0 Å². The van der Waals surface area contributed by atoms with Crippen LogP contribution in [0.2, 0.25) is 0 Å². The summed E-state index contributed by atoms with van der Waals surface area (Å²) >= 11 is 0. The van der Waals surface area contributed by atoms with Crippen LogP contribution in [0.5, 0.6) is 0 Å². The van der Waals surface area contributed by atoms with Gasteiger partial charge in [-0.15, -0.1) is 0 Å². The summed E-state index contributed by atoms with van der Waals surface area (Å²) in [7, 11) is 1.39. The third-order valence-corrected chi connectivity index (χ3v) is 3.93. The molecule has 0 N–H and O–H groups in total. The molecule has 1 aliphatic rings. The zero-order valence-corrected chi connectivity index (χ0v) is 12.6. The Morgan fingerprint density at radius 1 is 1.38 bits per heavy atom. The van der Waals surface area contributed by atoms with Crippen molar-refractivity contribution in [2.75, 3.05) is 38.2 Å². The first-order valence-corrected chi connectivity index (χ1v) is 7.20.